The summed E-state index contributed by atoms with van der Waals surface area (Å²) < 4.78 is 5.08. The minimum atomic E-state index is -0.544. The molecule has 0 fully saturated rings. The van der Waals surface area contributed by atoms with Gasteiger partial charge in [-0.05, 0) is 20.8 Å². The molecule has 0 aliphatic carbocycles. The van der Waals surface area contributed by atoms with E-state index in [1.54, 1.807) is 26.2 Å². The average molecular weight is 271 g/mol. The monoisotopic (exact) mass is 271 g/mol. The maximum Gasteiger partial charge on any atom is 0.407 e. The summed E-state index contributed by atoms with van der Waals surface area (Å²) in [5.41, 5.74) is 4.84. The van der Waals surface area contributed by atoms with Crippen molar-refractivity contribution in [1.29, 1.82) is 0 Å². The highest BCUT2D eigenvalue weighted by atomic mass is 32.1. The van der Waals surface area contributed by atoms with Gasteiger partial charge in [-0.2, -0.15) is 0 Å². The molecule has 0 saturated carbocycles. The predicted octanol–water partition coefficient (Wildman–Crippen LogP) is 1.31. The smallest absolute Gasteiger partial charge is 0.407 e. The normalized spacial score (nSPS) is 11.1. The molecule has 0 aromatic carbocycles. The van der Waals surface area contributed by atoms with E-state index in [-0.39, 0.29) is 5.69 Å². The summed E-state index contributed by atoms with van der Waals surface area (Å²) >= 11 is 1.34. The van der Waals surface area contributed by atoms with Crippen LogP contribution in [0.25, 0.3) is 0 Å². The van der Waals surface area contributed by atoms with Gasteiger partial charge < -0.3 is 15.8 Å². The summed E-state index contributed by atoms with van der Waals surface area (Å²) in [7, 11) is 0. The topological polar surface area (TPSA) is 94.3 Å². The zero-order chi connectivity index (χ0) is 13.8. The molecule has 1 aromatic heterocycles. The van der Waals surface area contributed by atoms with E-state index in [9.17, 15) is 9.59 Å². The zero-order valence-corrected chi connectivity index (χ0v) is 11.5. The Kier molecular flexibility index (Phi) is 4.66. The Morgan fingerprint density at radius 3 is 2.67 bits per heavy atom. The number of nitrogens with zero attached hydrogens (tertiary/aromatic N) is 1. The largest absolute Gasteiger partial charge is 0.444 e. The third-order valence-corrected chi connectivity index (χ3v) is 2.72. The summed E-state index contributed by atoms with van der Waals surface area (Å²) in [5, 5.41) is 4.97. The van der Waals surface area contributed by atoms with Gasteiger partial charge in [-0.25, -0.2) is 9.78 Å². The Labute approximate surface area is 110 Å². The molecule has 7 heteroatoms. The Morgan fingerprint density at radius 1 is 1.50 bits per heavy atom. The number of aromatic nitrogens is 1. The molecule has 1 rings (SSSR count). The van der Waals surface area contributed by atoms with E-state index in [1.165, 1.54) is 11.3 Å². The van der Waals surface area contributed by atoms with Crippen LogP contribution in [0.2, 0.25) is 0 Å². The first-order chi connectivity index (χ1) is 8.28. The number of alkyl carbamates (subject to hydrolysis) is 1. The minimum absolute atomic E-state index is 0.257. The average Bonchev–Trinajstić information content (AvgIpc) is 2.63. The second kappa shape index (κ2) is 5.81. The van der Waals surface area contributed by atoms with Crippen molar-refractivity contribution in [3.8, 4) is 0 Å². The quantitative estimate of drug-likeness (QED) is 0.863. The third-order valence-electron chi connectivity index (χ3n) is 1.81. The Bertz CT molecular complexity index is 437. The number of primary amides is 1. The molecule has 1 aromatic rings. The van der Waals surface area contributed by atoms with Crippen molar-refractivity contribution < 1.29 is 14.3 Å². The van der Waals surface area contributed by atoms with E-state index in [1.807, 2.05) is 0 Å². The van der Waals surface area contributed by atoms with Crippen LogP contribution in [0.3, 0.4) is 0 Å². The molecular formula is C11H17N3O3S. The molecule has 1 heterocycles. The van der Waals surface area contributed by atoms with E-state index in [0.717, 1.165) is 5.01 Å². The highest BCUT2D eigenvalue weighted by Crippen LogP contribution is 2.10. The number of nitrogens with two attached hydrogens (primary N) is 1. The molecule has 0 atom stereocenters. The fraction of sp³-hybridized carbons (Fsp3) is 0.545. The van der Waals surface area contributed by atoms with Gasteiger partial charge in [0.05, 0.1) is 5.01 Å². The van der Waals surface area contributed by atoms with Gasteiger partial charge in [0.1, 0.15) is 11.3 Å². The molecule has 2 amide bonds. The van der Waals surface area contributed by atoms with Gasteiger partial charge in [-0.15, -0.1) is 11.3 Å². The van der Waals surface area contributed by atoms with Crippen LogP contribution >= 0.6 is 11.3 Å². The summed E-state index contributed by atoms with van der Waals surface area (Å²) in [4.78, 5) is 26.2. The Hall–Kier alpha value is -1.63. The highest BCUT2D eigenvalue weighted by Gasteiger charge is 2.15. The molecule has 0 unspecified atom stereocenters. The molecule has 0 saturated heterocycles. The number of carbonyl (C=O) groups is 2. The first-order valence-corrected chi connectivity index (χ1v) is 6.37. The lowest BCUT2D eigenvalue weighted by Crippen LogP contribution is -2.33. The summed E-state index contributed by atoms with van der Waals surface area (Å²) in [6, 6.07) is 0. The van der Waals surface area contributed by atoms with Gasteiger partial charge in [0.25, 0.3) is 5.91 Å². The van der Waals surface area contributed by atoms with Crippen molar-refractivity contribution in [3.05, 3.63) is 16.1 Å². The number of ether oxygens (including phenoxy) is 1. The third kappa shape index (κ3) is 5.13. The van der Waals surface area contributed by atoms with Crippen LogP contribution in [0.15, 0.2) is 5.38 Å². The lowest BCUT2D eigenvalue weighted by molar-refractivity contribution is 0.0528. The molecule has 0 aliphatic rings. The fourth-order valence-corrected chi connectivity index (χ4v) is 1.91. The van der Waals surface area contributed by atoms with E-state index in [2.05, 4.69) is 10.3 Å². The number of hydrogen-bond donors (Lipinski definition) is 2. The van der Waals surface area contributed by atoms with Crippen LogP contribution in [0, 0.1) is 0 Å². The summed E-state index contributed by atoms with van der Waals surface area (Å²) in [5.74, 6) is -0.544. The van der Waals surface area contributed by atoms with E-state index in [4.69, 9.17) is 10.5 Å². The van der Waals surface area contributed by atoms with E-state index >= 15 is 0 Å². The van der Waals surface area contributed by atoms with Crippen molar-refractivity contribution >= 4 is 23.3 Å². The Morgan fingerprint density at radius 2 is 2.17 bits per heavy atom. The van der Waals surface area contributed by atoms with E-state index < -0.39 is 17.6 Å². The van der Waals surface area contributed by atoms with Gasteiger partial charge in [0.15, 0.2) is 0 Å². The van der Waals surface area contributed by atoms with Gasteiger partial charge in [-0.3, -0.25) is 4.79 Å². The number of thiazole rings is 1. The number of nitrogens with one attached hydrogen (secondary N) is 1. The lowest BCUT2D eigenvalue weighted by atomic mass is 10.2. The maximum absolute atomic E-state index is 11.3. The van der Waals surface area contributed by atoms with Crippen LogP contribution in [-0.4, -0.2) is 29.1 Å². The van der Waals surface area contributed by atoms with Crippen LogP contribution in [0.5, 0.6) is 0 Å². The standard InChI is InChI=1S/C11H17N3O3S/c1-11(2,3)17-10(16)13-5-4-8-14-7(6-18-8)9(12)15/h6H,4-5H2,1-3H3,(H2,12,15)(H,13,16). The zero-order valence-electron chi connectivity index (χ0n) is 10.6. The van der Waals surface area contributed by atoms with Crippen molar-refractivity contribution in [3.63, 3.8) is 0 Å². The lowest BCUT2D eigenvalue weighted by Gasteiger charge is -2.19. The number of hydrogen-bond acceptors (Lipinski definition) is 5. The molecule has 18 heavy (non-hydrogen) atoms. The van der Waals surface area contributed by atoms with Crippen molar-refractivity contribution in [1.82, 2.24) is 10.3 Å². The SMILES string of the molecule is CC(C)(C)OC(=O)NCCc1nc(C(N)=O)cs1. The van der Waals surface area contributed by atoms with Crippen LogP contribution in [0.1, 0.15) is 36.3 Å². The first-order valence-electron chi connectivity index (χ1n) is 5.49. The second-order valence-corrected chi connectivity index (χ2v) is 5.61. The summed E-state index contributed by atoms with van der Waals surface area (Å²) in [6.07, 6.45) is 0.0752. The molecule has 0 bridgehead atoms. The minimum Gasteiger partial charge on any atom is -0.444 e. The van der Waals surface area contributed by atoms with Gasteiger partial charge in [-0.1, -0.05) is 0 Å². The molecule has 100 valence electrons. The van der Waals surface area contributed by atoms with Crippen LogP contribution < -0.4 is 11.1 Å². The molecule has 3 N–H and O–H groups in total. The molecule has 0 radical (unpaired) electrons. The highest BCUT2D eigenvalue weighted by molar-refractivity contribution is 7.09. The number of carbonyl (C=O) groups excluding carboxylic acids is 2. The first kappa shape index (κ1) is 14.4. The van der Waals surface area contributed by atoms with E-state index in [0.29, 0.717) is 13.0 Å². The molecular weight excluding hydrogens is 254 g/mol. The maximum atomic E-state index is 11.3. The fourth-order valence-electron chi connectivity index (χ4n) is 1.12. The second-order valence-electron chi connectivity index (χ2n) is 4.67. The molecule has 0 spiro atoms. The molecule has 6 nitrogen and oxygen atoms in total. The van der Waals surface area contributed by atoms with Crippen LogP contribution in [-0.2, 0) is 11.2 Å². The summed E-state index contributed by atoms with van der Waals surface area (Å²) in [6.45, 7) is 5.80. The Balaban J connectivity index is 2.33. The van der Waals surface area contributed by atoms with Gasteiger partial charge in [0.2, 0.25) is 0 Å². The number of amides is 2. The van der Waals surface area contributed by atoms with Crippen LogP contribution in [0.4, 0.5) is 4.79 Å². The van der Waals surface area contributed by atoms with Gasteiger partial charge in [0, 0.05) is 18.3 Å². The van der Waals surface area contributed by atoms with Crippen molar-refractivity contribution in [2.24, 2.45) is 5.73 Å². The van der Waals surface area contributed by atoms with Gasteiger partial charge >= 0.3 is 6.09 Å². The molecule has 0 aliphatic heterocycles. The number of rotatable bonds is 4. The van der Waals surface area contributed by atoms with Crippen molar-refractivity contribution in [2.45, 2.75) is 32.8 Å². The predicted molar refractivity (Wildman–Crippen MR) is 68.6 cm³/mol. The van der Waals surface area contributed by atoms with Crippen molar-refractivity contribution in [2.75, 3.05) is 6.54 Å².